The first kappa shape index (κ1) is 16.5. The Labute approximate surface area is 135 Å². The number of nitrogens with one attached hydrogen (secondary N) is 2. The first-order valence-electron chi connectivity index (χ1n) is 7.43. The molecule has 1 aromatic heterocycles. The van der Waals surface area contributed by atoms with E-state index in [2.05, 4.69) is 34.8 Å². The summed E-state index contributed by atoms with van der Waals surface area (Å²) in [6.07, 6.45) is 2.05. The Morgan fingerprint density at radius 2 is 2.09 bits per heavy atom. The molecule has 1 aromatic carbocycles. The van der Waals surface area contributed by atoms with E-state index in [1.807, 2.05) is 12.1 Å². The van der Waals surface area contributed by atoms with Crippen LogP contribution in [0.15, 0.2) is 29.6 Å². The SMILES string of the molecule is CCCNC(C)Cc1csc(Nc2ccc(C(N)=O)cc2)n1. The first-order chi connectivity index (χ1) is 10.6. The molecule has 0 bridgehead atoms. The van der Waals surface area contributed by atoms with Crippen LogP contribution in [-0.2, 0) is 6.42 Å². The normalized spacial score (nSPS) is 12.1. The maximum Gasteiger partial charge on any atom is 0.248 e. The monoisotopic (exact) mass is 318 g/mol. The van der Waals surface area contributed by atoms with Gasteiger partial charge in [0.25, 0.3) is 0 Å². The molecule has 1 atom stereocenters. The van der Waals surface area contributed by atoms with E-state index in [0.29, 0.717) is 11.6 Å². The Balaban J connectivity index is 1.92. The summed E-state index contributed by atoms with van der Waals surface area (Å²) in [4.78, 5) is 15.6. The van der Waals surface area contributed by atoms with Crippen LogP contribution in [0.3, 0.4) is 0 Å². The molecule has 1 heterocycles. The van der Waals surface area contributed by atoms with Gasteiger partial charge in [0.2, 0.25) is 5.91 Å². The summed E-state index contributed by atoms with van der Waals surface area (Å²) in [6, 6.07) is 7.48. The zero-order chi connectivity index (χ0) is 15.9. The summed E-state index contributed by atoms with van der Waals surface area (Å²) in [5, 5.41) is 9.62. The number of aromatic nitrogens is 1. The lowest BCUT2D eigenvalue weighted by molar-refractivity contribution is 0.100. The van der Waals surface area contributed by atoms with Gasteiger partial charge in [0.05, 0.1) is 5.69 Å². The lowest BCUT2D eigenvalue weighted by Gasteiger charge is -2.10. The molecule has 0 radical (unpaired) electrons. The second-order valence-electron chi connectivity index (χ2n) is 5.27. The third-order valence-corrected chi connectivity index (χ3v) is 4.04. The number of thiazole rings is 1. The van der Waals surface area contributed by atoms with Crippen molar-refractivity contribution in [3.05, 3.63) is 40.9 Å². The minimum Gasteiger partial charge on any atom is -0.366 e. The van der Waals surface area contributed by atoms with Crippen molar-refractivity contribution >= 4 is 28.1 Å². The lowest BCUT2D eigenvalue weighted by atomic mass is 10.2. The van der Waals surface area contributed by atoms with E-state index in [1.54, 1.807) is 23.5 Å². The van der Waals surface area contributed by atoms with Crippen LogP contribution in [-0.4, -0.2) is 23.5 Å². The molecule has 0 aliphatic carbocycles. The van der Waals surface area contributed by atoms with Crippen LogP contribution in [0.1, 0.15) is 36.3 Å². The molecule has 0 saturated carbocycles. The van der Waals surface area contributed by atoms with Gasteiger partial charge in [-0.25, -0.2) is 4.98 Å². The highest BCUT2D eigenvalue weighted by atomic mass is 32.1. The predicted molar refractivity (Wildman–Crippen MR) is 91.8 cm³/mol. The number of rotatable bonds is 8. The number of hydrogen-bond donors (Lipinski definition) is 3. The highest BCUT2D eigenvalue weighted by molar-refractivity contribution is 7.13. The summed E-state index contributed by atoms with van der Waals surface area (Å²) >= 11 is 1.58. The van der Waals surface area contributed by atoms with Gasteiger partial charge in [-0.15, -0.1) is 11.3 Å². The molecule has 118 valence electrons. The summed E-state index contributed by atoms with van der Waals surface area (Å²) in [5.74, 6) is -0.420. The summed E-state index contributed by atoms with van der Waals surface area (Å²) in [6.45, 7) is 5.36. The van der Waals surface area contributed by atoms with E-state index in [1.165, 1.54) is 0 Å². The van der Waals surface area contributed by atoms with Crippen molar-refractivity contribution < 1.29 is 4.79 Å². The molecule has 22 heavy (non-hydrogen) atoms. The van der Waals surface area contributed by atoms with Crippen molar-refractivity contribution in [2.75, 3.05) is 11.9 Å². The van der Waals surface area contributed by atoms with Gasteiger partial charge in [-0.2, -0.15) is 0 Å². The highest BCUT2D eigenvalue weighted by Crippen LogP contribution is 2.21. The summed E-state index contributed by atoms with van der Waals surface area (Å²) in [5.41, 5.74) is 7.70. The average molecular weight is 318 g/mol. The summed E-state index contributed by atoms with van der Waals surface area (Å²) in [7, 11) is 0. The van der Waals surface area contributed by atoms with E-state index in [4.69, 9.17) is 5.73 Å². The molecular formula is C16H22N4OS. The van der Waals surface area contributed by atoms with Crippen LogP contribution in [0, 0.1) is 0 Å². The topological polar surface area (TPSA) is 80.0 Å². The zero-order valence-corrected chi connectivity index (χ0v) is 13.7. The molecule has 0 aliphatic rings. The Bertz CT molecular complexity index is 609. The third-order valence-electron chi connectivity index (χ3n) is 3.23. The van der Waals surface area contributed by atoms with E-state index >= 15 is 0 Å². The van der Waals surface area contributed by atoms with E-state index in [0.717, 1.165) is 35.9 Å². The molecule has 5 nitrogen and oxygen atoms in total. The number of nitrogens with zero attached hydrogens (tertiary/aromatic N) is 1. The number of carbonyl (C=O) groups excluding carboxylic acids is 1. The van der Waals surface area contributed by atoms with Crippen molar-refractivity contribution in [2.24, 2.45) is 5.73 Å². The van der Waals surface area contributed by atoms with Gasteiger partial charge < -0.3 is 16.4 Å². The van der Waals surface area contributed by atoms with Gasteiger partial charge in [-0.3, -0.25) is 4.79 Å². The van der Waals surface area contributed by atoms with Crippen LogP contribution >= 0.6 is 11.3 Å². The quantitative estimate of drug-likeness (QED) is 0.699. The molecule has 4 N–H and O–H groups in total. The number of nitrogens with two attached hydrogens (primary N) is 1. The number of primary amides is 1. The number of amides is 1. The highest BCUT2D eigenvalue weighted by Gasteiger charge is 2.07. The molecule has 6 heteroatoms. The predicted octanol–water partition coefficient (Wildman–Crippen LogP) is 2.92. The van der Waals surface area contributed by atoms with Gasteiger partial charge in [-0.05, 0) is 44.2 Å². The van der Waals surface area contributed by atoms with Crippen molar-refractivity contribution in [1.82, 2.24) is 10.3 Å². The van der Waals surface area contributed by atoms with Crippen LogP contribution in [0.5, 0.6) is 0 Å². The molecule has 2 aromatic rings. The molecule has 1 amide bonds. The fourth-order valence-corrected chi connectivity index (χ4v) is 2.82. The second-order valence-corrected chi connectivity index (χ2v) is 6.13. The fourth-order valence-electron chi connectivity index (χ4n) is 2.08. The smallest absolute Gasteiger partial charge is 0.248 e. The Hall–Kier alpha value is -1.92. The second kappa shape index (κ2) is 7.91. The Morgan fingerprint density at radius 1 is 1.36 bits per heavy atom. The van der Waals surface area contributed by atoms with Crippen LogP contribution in [0.2, 0.25) is 0 Å². The molecule has 0 saturated heterocycles. The molecule has 0 spiro atoms. The Kier molecular flexibility index (Phi) is 5.91. The minimum atomic E-state index is -0.420. The van der Waals surface area contributed by atoms with Gasteiger partial charge in [0.15, 0.2) is 5.13 Å². The number of hydrogen-bond acceptors (Lipinski definition) is 5. The van der Waals surface area contributed by atoms with Gasteiger partial charge in [0, 0.05) is 29.1 Å². The van der Waals surface area contributed by atoms with Crippen LogP contribution in [0.25, 0.3) is 0 Å². The number of benzene rings is 1. The van der Waals surface area contributed by atoms with E-state index < -0.39 is 5.91 Å². The van der Waals surface area contributed by atoms with Crippen LogP contribution in [0.4, 0.5) is 10.8 Å². The zero-order valence-electron chi connectivity index (χ0n) is 12.9. The molecular weight excluding hydrogens is 296 g/mol. The number of anilines is 2. The first-order valence-corrected chi connectivity index (χ1v) is 8.31. The Morgan fingerprint density at radius 3 is 2.73 bits per heavy atom. The standard InChI is InChI=1S/C16H22N4OS/c1-3-8-18-11(2)9-14-10-22-16(20-14)19-13-6-4-12(5-7-13)15(17)21/h4-7,10-11,18H,3,8-9H2,1-2H3,(H2,17,21)(H,19,20). The van der Waals surface area contributed by atoms with Gasteiger partial charge in [-0.1, -0.05) is 6.92 Å². The van der Waals surface area contributed by atoms with Crippen LogP contribution < -0.4 is 16.4 Å². The third kappa shape index (κ3) is 4.82. The summed E-state index contributed by atoms with van der Waals surface area (Å²) < 4.78 is 0. The average Bonchev–Trinajstić information content (AvgIpc) is 2.92. The lowest BCUT2D eigenvalue weighted by Crippen LogP contribution is -2.28. The van der Waals surface area contributed by atoms with Crippen molar-refractivity contribution in [3.63, 3.8) is 0 Å². The number of carbonyl (C=O) groups is 1. The largest absolute Gasteiger partial charge is 0.366 e. The molecule has 0 fully saturated rings. The molecule has 2 rings (SSSR count). The molecule has 0 aliphatic heterocycles. The van der Waals surface area contributed by atoms with Gasteiger partial charge in [0.1, 0.15) is 0 Å². The van der Waals surface area contributed by atoms with Crippen molar-refractivity contribution in [3.8, 4) is 0 Å². The van der Waals surface area contributed by atoms with Crippen molar-refractivity contribution in [1.29, 1.82) is 0 Å². The maximum absolute atomic E-state index is 11.0. The van der Waals surface area contributed by atoms with Gasteiger partial charge >= 0.3 is 0 Å². The van der Waals surface area contributed by atoms with E-state index in [9.17, 15) is 4.79 Å². The fraction of sp³-hybridized carbons (Fsp3) is 0.375. The van der Waals surface area contributed by atoms with E-state index in [-0.39, 0.29) is 0 Å². The van der Waals surface area contributed by atoms with Crippen molar-refractivity contribution in [2.45, 2.75) is 32.7 Å². The minimum absolute atomic E-state index is 0.420. The molecule has 1 unspecified atom stereocenters. The maximum atomic E-state index is 11.0.